The Balaban J connectivity index is 0.00000288. The van der Waals surface area contributed by atoms with Crippen LogP contribution in [0.1, 0.15) is 32.3 Å². The van der Waals surface area contributed by atoms with Gasteiger partial charge in [-0.25, -0.2) is 9.38 Å². The average molecular weight is 451 g/mol. The zero-order valence-electron chi connectivity index (χ0n) is 14.5. The average Bonchev–Trinajstić information content (AvgIpc) is 2.97. The summed E-state index contributed by atoms with van der Waals surface area (Å²) in [7, 11) is 1.45. The Morgan fingerprint density at radius 2 is 2.21 bits per heavy atom. The molecule has 1 aromatic carbocycles. The number of rotatable bonds is 6. The number of nitrogens with zero attached hydrogens (tertiary/aromatic N) is 1. The fraction of sp³-hybridized carbons (Fsp3) is 0.588. The second-order valence-corrected chi connectivity index (χ2v) is 5.92. The van der Waals surface area contributed by atoms with Crippen LogP contribution < -0.4 is 15.4 Å². The van der Waals surface area contributed by atoms with Gasteiger partial charge >= 0.3 is 0 Å². The molecule has 1 aliphatic heterocycles. The van der Waals surface area contributed by atoms with E-state index in [0.29, 0.717) is 19.0 Å². The Morgan fingerprint density at radius 3 is 2.79 bits per heavy atom. The third-order valence-electron chi connectivity index (χ3n) is 3.91. The molecule has 0 aliphatic carbocycles. The van der Waals surface area contributed by atoms with Crippen LogP contribution in [0.15, 0.2) is 23.2 Å². The normalized spacial score (nSPS) is 20.4. The molecule has 0 aromatic heterocycles. The first-order chi connectivity index (χ1) is 11.1. The molecule has 0 spiro atoms. The van der Waals surface area contributed by atoms with Crippen LogP contribution in [0.2, 0.25) is 0 Å². The van der Waals surface area contributed by atoms with Crippen molar-refractivity contribution in [2.24, 2.45) is 4.99 Å². The van der Waals surface area contributed by atoms with E-state index in [2.05, 4.69) is 22.5 Å². The highest BCUT2D eigenvalue weighted by Gasteiger charge is 2.29. The number of ether oxygens (including phenoxy) is 2. The summed E-state index contributed by atoms with van der Waals surface area (Å²) in [5.74, 6) is 0.583. The third kappa shape index (κ3) is 6.08. The van der Waals surface area contributed by atoms with E-state index in [0.717, 1.165) is 31.6 Å². The van der Waals surface area contributed by atoms with Gasteiger partial charge in [-0.05, 0) is 44.4 Å². The predicted molar refractivity (Wildman–Crippen MR) is 105 cm³/mol. The molecule has 0 bridgehead atoms. The van der Waals surface area contributed by atoms with Gasteiger partial charge in [0.2, 0.25) is 0 Å². The van der Waals surface area contributed by atoms with Crippen molar-refractivity contribution in [3.05, 3.63) is 29.6 Å². The van der Waals surface area contributed by atoms with Crippen molar-refractivity contribution in [2.45, 2.75) is 38.8 Å². The Morgan fingerprint density at radius 1 is 1.42 bits per heavy atom. The maximum absolute atomic E-state index is 13.7. The second-order valence-electron chi connectivity index (χ2n) is 5.92. The van der Waals surface area contributed by atoms with Crippen molar-refractivity contribution in [1.29, 1.82) is 0 Å². The first-order valence-corrected chi connectivity index (χ1v) is 8.05. The molecule has 1 fully saturated rings. The standard InChI is InChI=1S/C17H26FN3O2.HI/c1-4-19-16(21-12-17(2)8-5-9-23-17)20-11-13-6-7-15(22-3)14(18)10-13;/h6-7,10H,4-5,8-9,11-12H2,1-3H3,(H2,19,20,21);1H. The van der Waals surface area contributed by atoms with Crippen molar-refractivity contribution in [1.82, 2.24) is 10.6 Å². The van der Waals surface area contributed by atoms with E-state index in [1.165, 1.54) is 13.2 Å². The minimum Gasteiger partial charge on any atom is -0.494 e. The Hall–Kier alpha value is -1.09. The van der Waals surface area contributed by atoms with Gasteiger partial charge in [0.15, 0.2) is 17.5 Å². The smallest absolute Gasteiger partial charge is 0.191 e. The molecule has 24 heavy (non-hydrogen) atoms. The summed E-state index contributed by atoms with van der Waals surface area (Å²) in [6, 6.07) is 4.89. The molecule has 7 heteroatoms. The van der Waals surface area contributed by atoms with E-state index >= 15 is 0 Å². The molecular formula is C17H27FIN3O2. The largest absolute Gasteiger partial charge is 0.494 e. The molecule has 1 aromatic rings. The number of aliphatic imine (C=N–C) groups is 1. The molecule has 5 nitrogen and oxygen atoms in total. The van der Waals surface area contributed by atoms with Crippen LogP contribution >= 0.6 is 24.0 Å². The number of nitrogens with one attached hydrogen (secondary N) is 2. The lowest BCUT2D eigenvalue weighted by atomic mass is 10.0. The van der Waals surface area contributed by atoms with Gasteiger partial charge in [-0.15, -0.1) is 24.0 Å². The summed E-state index contributed by atoms with van der Waals surface area (Å²) in [6.07, 6.45) is 2.14. The fourth-order valence-corrected chi connectivity index (χ4v) is 2.57. The molecule has 1 heterocycles. The molecule has 0 amide bonds. The van der Waals surface area contributed by atoms with Gasteiger partial charge in [-0.3, -0.25) is 0 Å². The van der Waals surface area contributed by atoms with Crippen LogP contribution in [0.4, 0.5) is 4.39 Å². The van der Waals surface area contributed by atoms with Crippen LogP contribution in [-0.2, 0) is 11.3 Å². The molecule has 1 saturated heterocycles. The molecule has 1 atom stereocenters. The van der Waals surface area contributed by atoms with E-state index in [1.807, 2.05) is 13.0 Å². The number of methoxy groups -OCH3 is 1. The SMILES string of the molecule is CCNC(=NCc1ccc(OC)c(F)c1)NCC1(C)CCCO1.I. The molecule has 0 saturated carbocycles. The van der Waals surface area contributed by atoms with Gasteiger partial charge in [-0.2, -0.15) is 0 Å². The summed E-state index contributed by atoms with van der Waals surface area (Å²) in [6.45, 7) is 6.80. The Bertz CT molecular complexity index is 549. The Kier molecular flexibility index (Phi) is 8.75. The van der Waals surface area contributed by atoms with E-state index in [1.54, 1.807) is 6.07 Å². The lowest BCUT2D eigenvalue weighted by Gasteiger charge is -2.24. The van der Waals surface area contributed by atoms with Gasteiger partial charge in [0, 0.05) is 19.7 Å². The van der Waals surface area contributed by atoms with Crippen LogP contribution in [0, 0.1) is 5.82 Å². The van der Waals surface area contributed by atoms with Gasteiger partial charge in [-0.1, -0.05) is 6.07 Å². The molecule has 1 unspecified atom stereocenters. The molecule has 136 valence electrons. The minimum absolute atomic E-state index is 0. The monoisotopic (exact) mass is 451 g/mol. The number of hydrogen-bond donors (Lipinski definition) is 2. The maximum atomic E-state index is 13.7. The molecular weight excluding hydrogens is 424 g/mol. The van der Waals surface area contributed by atoms with Crippen molar-refractivity contribution in [3.8, 4) is 5.75 Å². The topological polar surface area (TPSA) is 54.9 Å². The summed E-state index contributed by atoms with van der Waals surface area (Å²) in [5, 5.41) is 6.50. The highest BCUT2D eigenvalue weighted by molar-refractivity contribution is 14.0. The predicted octanol–water partition coefficient (Wildman–Crippen LogP) is 3.08. The van der Waals surface area contributed by atoms with Gasteiger partial charge in [0.25, 0.3) is 0 Å². The second kappa shape index (κ2) is 10.0. The van der Waals surface area contributed by atoms with Crippen molar-refractivity contribution in [2.75, 3.05) is 26.8 Å². The van der Waals surface area contributed by atoms with E-state index in [4.69, 9.17) is 9.47 Å². The van der Waals surface area contributed by atoms with Crippen molar-refractivity contribution in [3.63, 3.8) is 0 Å². The highest BCUT2D eigenvalue weighted by Crippen LogP contribution is 2.23. The summed E-state index contributed by atoms with van der Waals surface area (Å²) >= 11 is 0. The number of halogens is 2. The zero-order chi connectivity index (χ0) is 16.7. The summed E-state index contributed by atoms with van der Waals surface area (Å²) in [5.41, 5.74) is 0.659. The molecule has 2 N–H and O–H groups in total. The first kappa shape index (κ1) is 21.0. The quantitative estimate of drug-likeness (QED) is 0.397. The number of hydrogen-bond acceptors (Lipinski definition) is 3. The maximum Gasteiger partial charge on any atom is 0.191 e. The third-order valence-corrected chi connectivity index (χ3v) is 3.91. The number of benzene rings is 1. The highest BCUT2D eigenvalue weighted by atomic mass is 127. The summed E-state index contributed by atoms with van der Waals surface area (Å²) < 4.78 is 24.4. The lowest BCUT2D eigenvalue weighted by Crippen LogP contribution is -2.45. The zero-order valence-corrected chi connectivity index (χ0v) is 16.9. The molecule has 1 aliphatic rings. The van der Waals surface area contributed by atoms with E-state index in [9.17, 15) is 4.39 Å². The van der Waals surface area contributed by atoms with Gasteiger partial charge in [0.05, 0.1) is 19.3 Å². The number of guanidine groups is 1. The van der Waals surface area contributed by atoms with Crippen molar-refractivity contribution >= 4 is 29.9 Å². The molecule has 2 rings (SSSR count). The van der Waals surface area contributed by atoms with Crippen LogP contribution in [-0.4, -0.2) is 38.4 Å². The van der Waals surface area contributed by atoms with Crippen LogP contribution in [0.3, 0.4) is 0 Å². The van der Waals surface area contributed by atoms with Gasteiger partial charge in [0.1, 0.15) is 0 Å². The fourth-order valence-electron chi connectivity index (χ4n) is 2.57. The van der Waals surface area contributed by atoms with Crippen molar-refractivity contribution < 1.29 is 13.9 Å². The lowest BCUT2D eigenvalue weighted by molar-refractivity contribution is 0.0243. The van der Waals surface area contributed by atoms with Gasteiger partial charge < -0.3 is 20.1 Å². The van der Waals surface area contributed by atoms with E-state index < -0.39 is 0 Å². The first-order valence-electron chi connectivity index (χ1n) is 8.05. The Labute approximate surface area is 160 Å². The van der Waals surface area contributed by atoms with Crippen LogP contribution in [0.25, 0.3) is 0 Å². The van der Waals surface area contributed by atoms with Crippen LogP contribution in [0.5, 0.6) is 5.75 Å². The van der Waals surface area contributed by atoms with E-state index in [-0.39, 0.29) is 41.1 Å². The minimum atomic E-state index is -0.370. The summed E-state index contributed by atoms with van der Waals surface area (Å²) in [4.78, 5) is 4.50. The molecule has 0 radical (unpaired) electrons.